The van der Waals surface area contributed by atoms with E-state index in [1.54, 1.807) is 0 Å². The molecule has 0 spiro atoms. The Balaban J connectivity index is 2.07. The van der Waals surface area contributed by atoms with E-state index in [1.807, 2.05) is 6.92 Å². The van der Waals surface area contributed by atoms with Crippen LogP contribution in [0.1, 0.15) is 20.8 Å². The molecule has 0 aromatic heterocycles. The summed E-state index contributed by atoms with van der Waals surface area (Å²) in [6.07, 6.45) is 0. The molecule has 1 N–H and O–H groups in total. The van der Waals surface area contributed by atoms with Gasteiger partial charge in [-0.15, -0.1) is 0 Å². The third kappa shape index (κ3) is 5.34. The zero-order valence-corrected chi connectivity index (χ0v) is 11.9. The molecule has 1 rings (SSSR count). The lowest BCUT2D eigenvalue weighted by Crippen LogP contribution is -2.55. The third-order valence-corrected chi connectivity index (χ3v) is 3.67. The molecular weight excluding hydrogens is 214 g/mol. The Bertz CT molecular complexity index is 189. The molecule has 1 heterocycles. The average Bonchev–Trinajstić information content (AvgIpc) is 2.30. The zero-order valence-electron chi connectivity index (χ0n) is 11.9. The highest BCUT2D eigenvalue weighted by molar-refractivity contribution is 4.82. The molecule has 1 aliphatic heterocycles. The predicted octanol–water partition coefficient (Wildman–Crippen LogP) is 0.637. The minimum Gasteiger partial charge on any atom is -0.380 e. The van der Waals surface area contributed by atoms with Crippen molar-refractivity contribution in [3.05, 3.63) is 0 Å². The molecule has 4 heteroatoms. The summed E-state index contributed by atoms with van der Waals surface area (Å²) >= 11 is 0. The molecule has 1 saturated heterocycles. The fourth-order valence-electron chi connectivity index (χ4n) is 2.35. The fraction of sp³-hybridized carbons (Fsp3) is 1.00. The molecule has 0 saturated carbocycles. The quantitative estimate of drug-likeness (QED) is 0.664. The summed E-state index contributed by atoms with van der Waals surface area (Å²) in [6, 6.07) is 1.34. The van der Waals surface area contributed by atoms with Gasteiger partial charge in [0.05, 0.1) is 6.61 Å². The monoisotopic (exact) mass is 243 g/mol. The summed E-state index contributed by atoms with van der Waals surface area (Å²) in [6.45, 7) is 13.9. The second-order valence-corrected chi connectivity index (χ2v) is 5.07. The number of nitrogens with one attached hydrogen (secondary N) is 1. The van der Waals surface area contributed by atoms with Gasteiger partial charge in [0.2, 0.25) is 0 Å². The maximum absolute atomic E-state index is 5.29. The van der Waals surface area contributed by atoms with Crippen LogP contribution in [0.15, 0.2) is 0 Å². The highest BCUT2D eigenvalue weighted by Gasteiger charge is 2.25. The zero-order chi connectivity index (χ0) is 12.7. The van der Waals surface area contributed by atoms with E-state index in [-0.39, 0.29) is 0 Å². The van der Waals surface area contributed by atoms with Gasteiger partial charge in [0.25, 0.3) is 0 Å². The van der Waals surface area contributed by atoms with Gasteiger partial charge in [-0.25, -0.2) is 0 Å². The SMILES string of the molecule is CCOCCNCCN1CC(C)N(C)C(C)C1. The van der Waals surface area contributed by atoms with Gasteiger partial charge in [0.1, 0.15) is 0 Å². The summed E-state index contributed by atoms with van der Waals surface area (Å²) in [5.74, 6) is 0. The maximum Gasteiger partial charge on any atom is 0.0590 e. The topological polar surface area (TPSA) is 27.7 Å². The number of piperazine rings is 1. The molecule has 2 unspecified atom stereocenters. The molecule has 0 amide bonds. The molecule has 102 valence electrons. The summed E-state index contributed by atoms with van der Waals surface area (Å²) in [5.41, 5.74) is 0. The van der Waals surface area contributed by atoms with Crippen LogP contribution in [-0.2, 0) is 4.74 Å². The largest absolute Gasteiger partial charge is 0.380 e. The van der Waals surface area contributed by atoms with Gasteiger partial charge in [0, 0.05) is 51.4 Å². The average molecular weight is 243 g/mol. The van der Waals surface area contributed by atoms with Gasteiger partial charge in [-0.2, -0.15) is 0 Å². The minimum atomic E-state index is 0.669. The van der Waals surface area contributed by atoms with Gasteiger partial charge in [-0.1, -0.05) is 0 Å². The van der Waals surface area contributed by atoms with E-state index in [0.717, 1.165) is 32.8 Å². The van der Waals surface area contributed by atoms with E-state index in [1.165, 1.54) is 13.1 Å². The number of hydrogen-bond acceptors (Lipinski definition) is 4. The Morgan fingerprint density at radius 3 is 2.41 bits per heavy atom. The maximum atomic E-state index is 5.29. The molecule has 1 fully saturated rings. The highest BCUT2D eigenvalue weighted by Crippen LogP contribution is 2.12. The lowest BCUT2D eigenvalue weighted by Gasteiger charge is -2.42. The molecule has 2 atom stereocenters. The van der Waals surface area contributed by atoms with Crippen molar-refractivity contribution in [2.45, 2.75) is 32.9 Å². The number of likely N-dealkylation sites (N-methyl/N-ethyl adjacent to an activating group) is 1. The first kappa shape index (κ1) is 14.9. The van der Waals surface area contributed by atoms with Crippen LogP contribution in [0, 0.1) is 0 Å². The lowest BCUT2D eigenvalue weighted by molar-refractivity contribution is 0.0603. The Morgan fingerprint density at radius 1 is 1.18 bits per heavy atom. The van der Waals surface area contributed by atoms with E-state index in [2.05, 4.69) is 36.0 Å². The Morgan fingerprint density at radius 2 is 1.82 bits per heavy atom. The van der Waals surface area contributed by atoms with Gasteiger partial charge in [-0.3, -0.25) is 9.80 Å². The standard InChI is InChI=1S/C13H29N3O/c1-5-17-9-7-14-6-8-16-10-12(2)15(4)13(3)11-16/h12-14H,5-11H2,1-4H3. The Hall–Kier alpha value is -0.160. The van der Waals surface area contributed by atoms with Crippen LogP contribution in [0.3, 0.4) is 0 Å². The lowest BCUT2D eigenvalue weighted by atomic mass is 10.1. The van der Waals surface area contributed by atoms with Crippen molar-refractivity contribution in [1.29, 1.82) is 0 Å². The van der Waals surface area contributed by atoms with E-state index >= 15 is 0 Å². The van der Waals surface area contributed by atoms with E-state index in [0.29, 0.717) is 12.1 Å². The fourth-order valence-corrected chi connectivity index (χ4v) is 2.35. The van der Waals surface area contributed by atoms with Crippen molar-refractivity contribution in [1.82, 2.24) is 15.1 Å². The first-order chi connectivity index (χ1) is 8.15. The van der Waals surface area contributed by atoms with Crippen LogP contribution in [-0.4, -0.2) is 74.9 Å². The van der Waals surface area contributed by atoms with Gasteiger partial charge >= 0.3 is 0 Å². The van der Waals surface area contributed by atoms with Gasteiger partial charge in [-0.05, 0) is 27.8 Å². The number of hydrogen-bond donors (Lipinski definition) is 1. The van der Waals surface area contributed by atoms with Crippen LogP contribution >= 0.6 is 0 Å². The number of nitrogens with zero attached hydrogens (tertiary/aromatic N) is 2. The van der Waals surface area contributed by atoms with Crippen molar-refractivity contribution in [3.8, 4) is 0 Å². The number of ether oxygens (including phenoxy) is 1. The molecule has 0 bridgehead atoms. The highest BCUT2D eigenvalue weighted by atomic mass is 16.5. The van der Waals surface area contributed by atoms with Crippen molar-refractivity contribution in [3.63, 3.8) is 0 Å². The Labute approximate surface area is 106 Å². The van der Waals surface area contributed by atoms with Gasteiger partial charge in [0.15, 0.2) is 0 Å². The molecular formula is C13H29N3O. The molecule has 4 nitrogen and oxygen atoms in total. The number of rotatable bonds is 7. The molecule has 0 aliphatic carbocycles. The van der Waals surface area contributed by atoms with Crippen LogP contribution in [0.25, 0.3) is 0 Å². The van der Waals surface area contributed by atoms with Crippen LogP contribution in [0.5, 0.6) is 0 Å². The van der Waals surface area contributed by atoms with Crippen LogP contribution in [0.4, 0.5) is 0 Å². The van der Waals surface area contributed by atoms with Crippen molar-refractivity contribution < 1.29 is 4.74 Å². The third-order valence-electron chi connectivity index (χ3n) is 3.67. The second kappa shape index (κ2) is 8.03. The van der Waals surface area contributed by atoms with Crippen LogP contribution in [0.2, 0.25) is 0 Å². The van der Waals surface area contributed by atoms with E-state index in [9.17, 15) is 0 Å². The normalized spacial score (nSPS) is 27.5. The van der Waals surface area contributed by atoms with Crippen molar-refractivity contribution in [2.24, 2.45) is 0 Å². The van der Waals surface area contributed by atoms with Crippen molar-refractivity contribution >= 4 is 0 Å². The summed E-state index contributed by atoms with van der Waals surface area (Å²) in [5, 5.41) is 3.43. The van der Waals surface area contributed by atoms with E-state index < -0.39 is 0 Å². The molecule has 0 aromatic carbocycles. The first-order valence-electron chi connectivity index (χ1n) is 6.88. The smallest absolute Gasteiger partial charge is 0.0590 e. The minimum absolute atomic E-state index is 0.669. The van der Waals surface area contributed by atoms with Crippen molar-refractivity contribution in [2.75, 3.05) is 53.0 Å². The predicted molar refractivity (Wildman–Crippen MR) is 72.5 cm³/mol. The second-order valence-electron chi connectivity index (χ2n) is 5.07. The molecule has 0 aromatic rings. The van der Waals surface area contributed by atoms with Gasteiger partial charge < -0.3 is 10.1 Å². The summed E-state index contributed by atoms with van der Waals surface area (Å²) in [7, 11) is 2.23. The molecule has 0 radical (unpaired) electrons. The van der Waals surface area contributed by atoms with Crippen LogP contribution < -0.4 is 5.32 Å². The van der Waals surface area contributed by atoms with E-state index in [4.69, 9.17) is 4.74 Å². The first-order valence-corrected chi connectivity index (χ1v) is 6.88. The summed E-state index contributed by atoms with van der Waals surface area (Å²) < 4.78 is 5.29. The molecule has 1 aliphatic rings. The molecule has 17 heavy (non-hydrogen) atoms. The summed E-state index contributed by atoms with van der Waals surface area (Å²) in [4.78, 5) is 5.03. The Kier molecular flexibility index (Phi) is 7.04.